The second-order valence-electron chi connectivity index (χ2n) is 3.47. The van der Waals surface area contributed by atoms with Crippen LogP contribution in [0.5, 0.6) is 0 Å². The number of para-hydroxylation sites is 1. The molecule has 0 bridgehead atoms. The average molecular weight is 232 g/mol. The summed E-state index contributed by atoms with van der Waals surface area (Å²) in [6.07, 6.45) is 2.22. The van der Waals surface area contributed by atoms with E-state index in [1.807, 2.05) is 37.4 Å². The molecule has 0 saturated carbocycles. The van der Waals surface area contributed by atoms with Gasteiger partial charge in [0.25, 0.3) is 0 Å². The number of aryl methyl sites for hydroxylation is 1. The predicted octanol–water partition coefficient (Wildman–Crippen LogP) is 2.90. The molecule has 80 valence electrons. The highest BCUT2D eigenvalue weighted by Crippen LogP contribution is 2.20. The molecule has 0 aliphatic heterocycles. The predicted molar refractivity (Wildman–Crippen MR) is 62.6 cm³/mol. The Morgan fingerprint density at radius 3 is 2.88 bits per heavy atom. The number of aromatic nitrogens is 2. The van der Waals surface area contributed by atoms with Gasteiger partial charge in [-0.15, -0.1) is 0 Å². The molecule has 0 atom stereocenters. The fraction of sp³-hybridized carbons (Fsp3) is 0.167. The van der Waals surface area contributed by atoms with E-state index in [2.05, 4.69) is 11.2 Å². The van der Waals surface area contributed by atoms with Gasteiger partial charge < -0.3 is 0 Å². The Morgan fingerprint density at radius 1 is 1.44 bits per heavy atom. The summed E-state index contributed by atoms with van der Waals surface area (Å²) in [6.45, 7) is 1.89. The summed E-state index contributed by atoms with van der Waals surface area (Å²) >= 11 is 6.07. The monoisotopic (exact) mass is 231 g/mol. The summed E-state index contributed by atoms with van der Waals surface area (Å²) < 4.78 is 1.71. The minimum absolute atomic E-state index is 0.371. The second kappa shape index (κ2) is 4.38. The van der Waals surface area contributed by atoms with E-state index in [0.29, 0.717) is 11.4 Å². The summed E-state index contributed by atoms with van der Waals surface area (Å²) in [5, 5.41) is 13.7. The number of nitrogens with zero attached hydrogens (tertiary/aromatic N) is 3. The van der Waals surface area contributed by atoms with Crippen LogP contribution in [0.4, 0.5) is 0 Å². The van der Waals surface area contributed by atoms with Crippen molar-refractivity contribution >= 4 is 11.6 Å². The fourth-order valence-corrected chi connectivity index (χ4v) is 1.74. The van der Waals surface area contributed by atoms with E-state index in [4.69, 9.17) is 16.9 Å². The van der Waals surface area contributed by atoms with E-state index in [9.17, 15) is 0 Å². The molecule has 2 rings (SSSR count). The Kier molecular flexibility index (Phi) is 2.93. The van der Waals surface area contributed by atoms with Crippen LogP contribution in [0.15, 0.2) is 30.5 Å². The Morgan fingerprint density at radius 2 is 2.19 bits per heavy atom. The van der Waals surface area contributed by atoms with Crippen LogP contribution in [0.2, 0.25) is 5.02 Å². The smallest absolute Gasteiger partial charge is 0.0831 e. The van der Waals surface area contributed by atoms with Crippen molar-refractivity contribution in [1.82, 2.24) is 9.78 Å². The summed E-state index contributed by atoms with van der Waals surface area (Å²) in [5.41, 5.74) is 2.63. The van der Waals surface area contributed by atoms with Crippen LogP contribution in [0, 0.1) is 18.3 Å². The van der Waals surface area contributed by atoms with Crippen molar-refractivity contribution in [2.45, 2.75) is 13.3 Å². The van der Waals surface area contributed by atoms with Crippen molar-refractivity contribution in [2.24, 2.45) is 0 Å². The normalized spacial score (nSPS) is 10.1. The number of benzene rings is 1. The lowest BCUT2D eigenvalue weighted by molar-refractivity contribution is 0.863. The molecule has 1 heterocycles. The molecule has 1 aromatic carbocycles. The van der Waals surface area contributed by atoms with Gasteiger partial charge in [0.15, 0.2) is 0 Å². The summed E-state index contributed by atoms with van der Waals surface area (Å²) in [5.74, 6) is 0. The molecule has 0 aliphatic rings. The van der Waals surface area contributed by atoms with Crippen LogP contribution < -0.4 is 0 Å². The van der Waals surface area contributed by atoms with Crippen molar-refractivity contribution in [3.05, 3.63) is 46.7 Å². The van der Waals surface area contributed by atoms with Crippen LogP contribution in [-0.2, 0) is 6.42 Å². The van der Waals surface area contributed by atoms with Gasteiger partial charge in [0, 0.05) is 11.8 Å². The summed E-state index contributed by atoms with van der Waals surface area (Å²) in [7, 11) is 0. The molecule has 0 radical (unpaired) electrons. The first-order valence-electron chi connectivity index (χ1n) is 4.89. The largest absolute Gasteiger partial charge is 0.239 e. The van der Waals surface area contributed by atoms with Gasteiger partial charge in [-0.2, -0.15) is 10.4 Å². The lowest BCUT2D eigenvalue weighted by Crippen LogP contribution is -1.95. The molecule has 0 spiro atoms. The lowest BCUT2D eigenvalue weighted by Gasteiger charge is -2.02. The van der Waals surface area contributed by atoms with Crippen molar-refractivity contribution in [3.63, 3.8) is 0 Å². The maximum absolute atomic E-state index is 8.67. The van der Waals surface area contributed by atoms with Gasteiger partial charge in [0.05, 0.1) is 28.9 Å². The number of nitriles is 1. The Balaban J connectivity index is 2.46. The van der Waals surface area contributed by atoms with Crippen LogP contribution in [0.1, 0.15) is 11.3 Å². The first-order valence-corrected chi connectivity index (χ1v) is 5.27. The zero-order chi connectivity index (χ0) is 11.5. The molecular weight excluding hydrogens is 222 g/mol. The Bertz CT molecular complexity index is 552. The fourth-order valence-electron chi connectivity index (χ4n) is 1.52. The zero-order valence-corrected chi connectivity index (χ0v) is 9.57. The highest BCUT2D eigenvalue weighted by atomic mass is 35.5. The summed E-state index contributed by atoms with van der Waals surface area (Å²) in [4.78, 5) is 0. The maximum Gasteiger partial charge on any atom is 0.0831 e. The molecule has 0 fully saturated rings. The third kappa shape index (κ3) is 1.93. The van der Waals surface area contributed by atoms with Crippen LogP contribution in [-0.4, -0.2) is 9.78 Å². The maximum atomic E-state index is 8.67. The molecule has 0 saturated heterocycles. The van der Waals surface area contributed by atoms with Crippen LogP contribution in [0.25, 0.3) is 5.69 Å². The standard InChI is InChI=1S/C12H10ClN3/c1-9-10(6-7-14)8-16(15-9)12-5-3-2-4-11(12)13/h2-5,8H,6H2,1H3. The number of halogens is 1. The number of hydrogen-bond acceptors (Lipinski definition) is 2. The SMILES string of the molecule is Cc1nn(-c2ccccc2Cl)cc1CC#N. The van der Waals surface area contributed by atoms with E-state index < -0.39 is 0 Å². The van der Waals surface area contributed by atoms with Crippen LogP contribution in [0.3, 0.4) is 0 Å². The molecular formula is C12H10ClN3. The number of rotatable bonds is 2. The molecule has 4 heteroatoms. The van der Waals surface area contributed by atoms with Gasteiger partial charge in [0.1, 0.15) is 0 Å². The topological polar surface area (TPSA) is 41.6 Å². The number of hydrogen-bond donors (Lipinski definition) is 0. The molecule has 0 unspecified atom stereocenters. The third-order valence-electron chi connectivity index (χ3n) is 2.37. The Hall–Kier alpha value is -1.79. The molecule has 1 aromatic heterocycles. The zero-order valence-electron chi connectivity index (χ0n) is 8.81. The molecule has 0 N–H and O–H groups in total. The molecule has 0 aliphatic carbocycles. The van der Waals surface area contributed by atoms with E-state index >= 15 is 0 Å². The lowest BCUT2D eigenvalue weighted by atomic mass is 10.2. The van der Waals surface area contributed by atoms with Crippen molar-refractivity contribution in [3.8, 4) is 11.8 Å². The van der Waals surface area contributed by atoms with E-state index in [0.717, 1.165) is 16.9 Å². The van der Waals surface area contributed by atoms with E-state index in [-0.39, 0.29) is 0 Å². The third-order valence-corrected chi connectivity index (χ3v) is 2.69. The van der Waals surface area contributed by atoms with Gasteiger partial charge in [-0.05, 0) is 19.1 Å². The van der Waals surface area contributed by atoms with Gasteiger partial charge in [0.2, 0.25) is 0 Å². The molecule has 2 aromatic rings. The van der Waals surface area contributed by atoms with E-state index in [1.165, 1.54) is 0 Å². The van der Waals surface area contributed by atoms with Crippen molar-refractivity contribution in [1.29, 1.82) is 5.26 Å². The van der Waals surface area contributed by atoms with Gasteiger partial charge in [-0.3, -0.25) is 0 Å². The first-order chi connectivity index (χ1) is 7.72. The first kappa shape index (κ1) is 10.7. The minimum atomic E-state index is 0.371. The van der Waals surface area contributed by atoms with E-state index in [1.54, 1.807) is 4.68 Å². The quantitative estimate of drug-likeness (QED) is 0.798. The van der Waals surface area contributed by atoms with Crippen LogP contribution >= 0.6 is 11.6 Å². The van der Waals surface area contributed by atoms with Crippen molar-refractivity contribution in [2.75, 3.05) is 0 Å². The molecule has 3 nitrogen and oxygen atoms in total. The highest BCUT2D eigenvalue weighted by molar-refractivity contribution is 6.32. The molecule has 0 amide bonds. The Labute approximate surface area is 98.9 Å². The van der Waals surface area contributed by atoms with Gasteiger partial charge >= 0.3 is 0 Å². The van der Waals surface area contributed by atoms with Gasteiger partial charge in [-0.25, -0.2) is 4.68 Å². The highest BCUT2D eigenvalue weighted by Gasteiger charge is 2.07. The average Bonchev–Trinajstić information content (AvgIpc) is 2.61. The molecule has 16 heavy (non-hydrogen) atoms. The van der Waals surface area contributed by atoms with Gasteiger partial charge in [-0.1, -0.05) is 23.7 Å². The van der Waals surface area contributed by atoms with Crippen molar-refractivity contribution < 1.29 is 0 Å². The summed E-state index contributed by atoms with van der Waals surface area (Å²) in [6, 6.07) is 9.61. The second-order valence-corrected chi connectivity index (χ2v) is 3.88. The minimum Gasteiger partial charge on any atom is -0.239 e.